The zero-order valence-corrected chi connectivity index (χ0v) is 19.7. The molecule has 0 aliphatic rings. The van der Waals surface area contributed by atoms with Gasteiger partial charge in [0, 0.05) is 16.3 Å². The second kappa shape index (κ2) is 11.1. The first-order chi connectivity index (χ1) is 15.7. The van der Waals surface area contributed by atoms with Crippen molar-refractivity contribution >= 4 is 51.6 Å². The molecule has 0 fully saturated rings. The third-order valence-electron chi connectivity index (χ3n) is 4.51. The highest BCUT2D eigenvalue weighted by Gasteiger charge is 2.07. The predicted octanol–water partition coefficient (Wildman–Crippen LogP) is 7.33. The first-order valence-corrected chi connectivity index (χ1v) is 12.0. The second-order valence-corrected chi connectivity index (χ2v) is 9.35. The van der Waals surface area contributed by atoms with Crippen LogP contribution in [0.1, 0.15) is 16.7 Å². The minimum atomic E-state index is 0.616. The summed E-state index contributed by atoms with van der Waals surface area (Å²) in [7, 11) is 1.66. The normalized spacial score (nSPS) is 11.8. The van der Waals surface area contributed by atoms with E-state index in [1.54, 1.807) is 18.9 Å². The van der Waals surface area contributed by atoms with Crippen LogP contribution in [0.15, 0.2) is 94.3 Å². The average molecular weight is 478 g/mol. The summed E-state index contributed by atoms with van der Waals surface area (Å²) < 4.78 is 6.12. The van der Waals surface area contributed by atoms with E-state index in [2.05, 4.69) is 22.3 Å². The molecule has 0 saturated heterocycles. The van der Waals surface area contributed by atoms with Gasteiger partial charge in [0.2, 0.25) is 5.13 Å². The number of methoxy groups -OCH3 is 1. The number of benzene rings is 3. The van der Waals surface area contributed by atoms with Gasteiger partial charge < -0.3 is 4.74 Å². The summed E-state index contributed by atoms with van der Waals surface area (Å²) in [6.45, 7) is 0. The molecule has 32 heavy (non-hydrogen) atoms. The molecule has 0 unspecified atom stereocenters. The van der Waals surface area contributed by atoms with E-state index in [0.717, 1.165) is 32.7 Å². The summed E-state index contributed by atoms with van der Waals surface area (Å²) in [5.74, 6) is 1.67. The van der Waals surface area contributed by atoms with Crippen molar-refractivity contribution in [2.45, 2.75) is 10.1 Å². The Bertz CT molecular complexity index is 1200. The van der Waals surface area contributed by atoms with Gasteiger partial charge in [0.05, 0.1) is 12.8 Å². The first kappa shape index (κ1) is 22.3. The van der Waals surface area contributed by atoms with E-state index < -0.39 is 0 Å². The van der Waals surface area contributed by atoms with Crippen molar-refractivity contribution in [2.24, 2.45) is 4.99 Å². The van der Waals surface area contributed by atoms with Crippen molar-refractivity contribution in [2.75, 3.05) is 7.11 Å². The van der Waals surface area contributed by atoms with Gasteiger partial charge in [-0.05, 0) is 41.5 Å². The smallest absolute Gasteiger partial charge is 0.232 e. The Kier molecular flexibility index (Phi) is 7.72. The molecule has 160 valence electrons. The van der Waals surface area contributed by atoms with Gasteiger partial charge in [-0.15, -0.1) is 10.2 Å². The molecule has 1 aromatic heterocycles. The van der Waals surface area contributed by atoms with Crippen LogP contribution in [0.5, 0.6) is 5.75 Å². The molecule has 0 atom stereocenters. The Morgan fingerprint density at radius 2 is 1.75 bits per heavy atom. The lowest BCUT2D eigenvalue weighted by Gasteiger charge is -2.02. The van der Waals surface area contributed by atoms with Gasteiger partial charge in [0.15, 0.2) is 4.34 Å². The van der Waals surface area contributed by atoms with E-state index in [-0.39, 0.29) is 0 Å². The van der Waals surface area contributed by atoms with Crippen LogP contribution in [0.25, 0.3) is 6.08 Å². The van der Waals surface area contributed by atoms with Crippen molar-refractivity contribution in [3.05, 3.63) is 107 Å². The van der Waals surface area contributed by atoms with Crippen LogP contribution in [-0.2, 0) is 5.75 Å². The SMILES string of the molecule is COc1ccc(/C=C/C(=N\c2nnc(SCc3ccccc3)s2)c2ccc(Cl)cc2)cc1. The Hall–Kier alpha value is -2.93. The summed E-state index contributed by atoms with van der Waals surface area (Å²) in [5.41, 5.74) is 4.03. The van der Waals surface area contributed by atoms with E-state index in [1.165, 1.54) is 16.9 Å². The number of hydrogen-bond acceptors (Lipinski definition) is 6. The molecule has 0 radical (unpaired) electrons. The molecular weight excluding hydrogens is 458 g/mol. The fraction of sp³-hybridized carbons (Fsp3) is 0.0800. The fourth-order valence-electron chi connectivity index (χ4n) is 2.84. The molecule has 0 spiro atoms. The highest BCUT2D eigenvalue weighted by Crippen LogP contribution is 2.30. The molecule has 0 N–H and O–H groups in total. The standard InChI is InChI=1S/C25H20ClN3OS2/c1-30-22-14-7-18(8-15-22)9-16-23(20-10-12-21(26)13-11-20)27-24-28-29-25(32-24)31-17-19-5-3-2-4-6-19/h2-16H,17H2,1H3/b16-9+,27-23+. The lowest BCUT2D eigenvalue weighted by atomic mass is 10.1. The fourth-order valence-corrected chi connectivity index (χ4v) is 4.64. The highest BCUT2D eigenvalue weighted by atomic mass is 35.5. The number of rotatable bonds is 8. The molecule has 0 aliphatic carbocycles. The van der Waals surface area contributed by atoms with Crippen molar-refractivity contribution in [1.82, 2.24) is 10.2 Å². The van der Waals surface area contributed by atoms with Crippen molar-refractivity contribution in [1.29, 1.82) is 0 Å². The van der Waals surface area contributed by atoms with Crippen molar-refractivity contribution < 1.29 is 4.74 Å². The van der Waals surface area contributed by atoms with Crippen molar-refractivity contribution in [3.63, 3.8) is 0 Å². The molecule has 0 saturated carbocycles. The number of aliphatic imine (C=N–C) groups is 1. The summed E-state index contributed by atoms with van der Waals surface area (Å²) in [6.07, 6.45) is 3.99. The van der Waals surface area contributed by atoms with E-state index in [9.17, 15) is 0 Å². The zero-order valence-electron chi connectivity index (χ0n) is 17.3. The number of thioether (sulfide) groups is 1. The molecule has 1 heterocycles. The third kappa shape index (κ3) is 6.29. The maximum atomic E-state index is 6.07. The largest absolute Gasteiger partial charge is 0.497 e. The van der Waals surface area contributed by atoms with E-state index >= 15 is 0 Å². The van der Waals surface area contributed by atoms with Gasteiger partial charge in [-0.3, -0.25) is 0 Å². The van der Waals surface area contributed by atoms with Gasteiger partial charge in [-0.1, -0.05) is 95.4 Å². The maximum Gasteiger partial charge on any atom is 0.232 e. The Morgan fingerprint density at radius 3 is 2.47 bits per heavy atom. The summed E-state index contributed by atoms with van der Waals surface area (Å²) in [6, 6.07) is 25.8. The first-order valence-electron chi connectivity index (χ1n) is 9.86. The Morgan fingerprint density at radius 1 is 1.00 bits per heavy atom. The summed E-state index contributed by atoms with van der Waals surface area (Å²) in [4.78, 5) is 4.78. The third-order valence-corrected chi connectivity index (χ3v) is 6.78. The number of hydrogen-bond donors (Lipinski definition) is 0. The van der Waals surface area contributed by atoms with Crippen LogP contribution in [0.4, 0.5) is 5.13 Å². The number of ether oxygens (including phenoxy) is 1. The topological polar surface area (TPSA) is 47.4 Å². The van der Waals surface area contributed by atoms with Gasteiger partial charge in [0.25, 0.3) is 0 Å². The van der Waals surface area contributed by atoms with Gasteiger partial charge in [-0.25, -0.2) is 4.99 Å². The van der Waals surface area contributed by atoms with Crippen LogP contribution >= 0.6 is 34.7 Å². The van der Waals surface area contributed by atoms with E-state index in [0.29, 0.717) is 10.2 Å². The number of aromatic nitrogens is 2. The molecule has 3 aromatic carbocycles. The summed E-state index contributed by atoms with van der Waals surface area (Å²) in [5, 5.41) is 9.87. The van der Waals surface area contributed by atoms with Gasteiger partial charge in [-0.2, -0.15) is 0 Å². The summed E-state index contributed by atoms with van der Waals surface area (Å²) >= 11 is 9.22. The highest BCUT2D eigenvalue weighted by molar-refractivity contribution is 8.00. The lowest BCUT2D eigenvalue weighted by molar-refractivity contribution is 0.415. The molecular formula is C25H20ClN3OS2. The molecule has 0 amide bonds. The van der Waals surface area contributed by atoms with Crippen LogP contribution in [0.2, 0.25) is 5.02 Å². The van der Waals surface area contributed by atoms with Gasteiger partial charge in [0.1, 0.15) is 5.75 Å². The van der Waals surface area contributed by atoms with Gasteiger partial charge >= 0.3 is 0 Å². The van der Waals surface area contributed by atoms with Crippen LogP contribution in [0.3, 0.4) is 0 Å². The minimum absolute atomic E-state index is 0.616. The molecule has 4 rings (SSSR count). The van der Waals surface area contributed by atoms with E-state index in [4.69, 9.17) is 21.3 Å². The molecule has 0 aliphatic heterocycles. The number of allylic oxidation sites excluding steroid dienone is 1. The van der Waals surface area contributed by atoms with E-state index in [1.807, 2.05) is 78.9 Å². The average Bonchev–Trinajstić information content (AvgIpc) is 3.29. The minimum Gasteiger partial charge on any atom is -0.497 e. The Labute approximate surface area is 200 Å². The molecule has 0 bridgehead atoms. The zero-order chi connectivity index (χ0) is 22.2. The Balaban J connectivity index is 1.56. The van der Waals surface area contributed by atoms with Crippen LogP contribution in [-0.4, -0.2) is 23.0 Å². The molecule has 7 heteroatoms. The van der Waals surface area contributed by atoms with Crippen LogP contribution < -0.4 is 4.74 Å². The van der Waals surface area contributed by atoms with Crippen molar-refractivity contribution in [3.8, 4) is 5.75 Å². The predicted molar refractivity (Wildman–Crippen MR) is 136 cm³/mol. The number of nitrogens with zero attached hydrogens (tertiary/aromatic N) is 3. The monoisotopic (exact) mass is 477 g/mol. The lowest BCUT2D eigenvalue weighted by Crippen LogP contribution is -1.96. The molecule has 4 nitrogen and oxygen atoms in total. The number of halogens is 1. The quantitative estimate of drug-likeness (QED) is 0.197. The maximum absolute atomic E-state index is 6.07. The second-order valence-electron chi connectivity index (χ2n) is 6.74. The molecule has 4 aromatic rings. The van der Waals surface area contributed by atoms with Crippen LogP contribution in [0, 0.1) is 0 Å².